The normalized spacial score (nSPS) is 12.3. The molecule has 0 bridgehead atoms. The summed E-state index contributed by atoms with van der Waals surface area (Å²) in [6, 6.07) is 8.52. The van der Waals surface area contributed by atoms with Crippen LogP contribution in [0.2, 0.25) is 0 Å². The van der Waals surface area contributed by atoms with E-state index in [4.69, 9.17) is 4.74 Å². The van der Waals surface area contributed by atoms with Crippen molar-refractivity contribution in [3.63, 3.8) is 0 Å². The molecular formula is C15H20N2OS. The minimum Gasteiger partial charge on any atom is -0.488 e. The van der Waals surface area contributed by atoms with Gasteiger partial charge in [0.05, 0.1) is 10.4 Å². The molecule has 102 valence electrons. The van der Waals surface area contributed by atoms with Crippen molar-refractivity contribution in [1.29, 1.82) is 0 Å². The lowest BCUT2D eigenvalue weighted by Crippen LogP contribution is -2.19. The number of nitrogens with zero attached hydrogens (tertiary/aromatic N) is 1. The first-order valence-electron chi connectivity index (χ1n) is 6.63. The molecule has 4 heteroatoms. The van der Waals surface area contributed by atoms with Gasteiger partial charge in [0.1, 0.15) is 12.4 Å². The third-order valence-electron chi connectivity index (χ3n) is 2.94. The Hall–Kier alpha value is -1.39. The lowest BCUT2D eigenvalue weighted by atomic mass is 10.1. The molecule has 0 aliphatic carbocycles. The van der Waals surface area contributed by atoms with Gasteiger partial charge >= 0.3 is 0 Å². The van der Waals surface area contributed by atoms with Crippen molar-refractivity contribution in [3.8, 4) is 5.75 Å². The Morgan fingerprint density at radius 2 is 2.21 bits per heavy atom. The van der Waals surface area contributed by atoms with E-state index in [2.05, 4.69) is 36.3 Å². The van der Waals surface area contributed by atoms with Gasteiger partial charge in [0, 0.05) is 17.8 Å². The summed E-state index contributed by atoms with van der Waals surface area (Å²) in [6.45, 7) is 5.95. The van der Waals surface area contributed by atoms with Crippen molar-refractivity contribution in [2.45, 2.75) is 32.9 Å². The zero-order chi connectivity index (χ0) is 13.5. The highest BCUT2D eigenvalue weighted by molar-refractivity contribution is 7.09. The number of nitrogens with one attached hydrogen (secondary N) is 1. The van der Waals surface area contributed by atoms with E-state index in [1.165, 1.54) is 5.56 Å². The summed E-state index contributed by atoms with van der Waals surface area (Å²) < 4.78 is 5.91. The van der Waals surface area contributed by atoms with Crippen LogP contribution < -0.4 is 10.1 Å². The van der Waals surface area contributed by atoms with Gasteiger partial charge in [-0.3, -0.25) is 4.98 Å². The first kappa shape index (κ1) is 14.0. The van der Waals surface area contributed by atoms with Crippen LogP contribution in [0.1, 0.15) is 36.8 Å². The quantitative estimate of drug-likeness (QED) is 0.835. The molecule has 0 fully saturated rings. The topological polar surface area (TPSA) is 34.1 Å². The summed E-state index contributed by atoms with van der Waals surface area (Å²) in [4.78, 5) is 5.20. The SMILES string of the molecule is CCCNC(C)c1ccccc1OCc1cncs1. The number of ether oxygens (including phenoxy) is 1. The second kappa shape index (κ2) is 7.26. The van der Waals surface area contributed by atoms with Crippen molar-refractivity contribution in [2.75, 3.05) is 6.54 Å². The third-order valence-corrected chi connectivity index (χ3v) is 3.69. The average molecular weight is 276 g/mol. The predicted molar refractivity (Wildman–Crippen MR) is 79.6 cm³/mol. The van der Waals surface area contributed by atoms with E-state index in [0.29, 0.717) is 12.6 Å². The van der Waals surface area contributed by atoms with Crippen LogP contribution >= 0.6 is 11.3 Å². The van der Waals surface area contributed by atoms with Crippen LogP contribution in [0.15, 0.2) is 36.0 Å². The highest BCUT2D eigenvalue weighted by atomic mass is 32.1. The molecule has 0 saturated carbocycles. The summed E-state index contributed by atoms with van der Waals surface area (Å²) in [5, 5.41) is 3.49. The maximum Gasteiger partial charge on any atom is 0.124 e. The van der Waals surface area contributed by atoms with Gasteiger partial charge in [-0.1, -0.05) is 25.1 Å². The predicted octanol–water partition coefficient (Wildman–Crippen LogP) is 3.78. The van der Waals surface area contributed by atoms with Crippen molar-refractivity contribution in [2.24, 2.45) is 0 Å². The summed E-state index contributed by atoms with van der Waals surface area (Å²) in [5.41, 5.74) is 3.04. The maximum absolute atomic E-state index is 5.91. The lowest BCUT2D eigenvalue weighted by Gasteiger charge is -2.17. The van der Waals surface area contributed by atoms with Gasteiger partial charge in [-0.2, -0.15) is 0 Å². The standard InChI is InChI=1S/C15H20N2OS/c1-3-8-17-12(2)14-6-4-5-7-15(14)18-10-13-9-16-11-19-13/h4-7,9,11-12,17H,3,8,10H2,1-2H3. The zero-order valence-corrected chi connectivity index (χ0v) is 12.2. The maximum atomic E-state index is 5.91. The molecule has 1 unspecified atom stereocenters. The number of para-hydroxylation sites is 1. The summed E-state index contributed by atoms with van der Waals surface area (Å²) in [7, 11) is 0. The molecule has 0 aliphatic heterocycles. The molecule has 0 aliphatic rings. The van der Waals surface area contributed by atoms with Crippen LogP contribution in [0.5, 0.6) is 5.75 Å². The van der Waals surface area contributed by atoms with Crippen LogP contribution in [-0.4, -0.2) is 11.5 Å². The Morgan fingerprint density at radius 3 is 2.95 bits per heavy atom. The minimum atomic E-state index is 0.303. The van der Waals surface area contributed by atoms with Crippen LogP contribution in [0.3, 0.4) is 0 Å². The molecule has 2 aromatic rings. The Kier molecular flexibility index (Phi) is 5.36. The van der Waals surface area contributed by atoms with E-state index < -0.39 is 0 Å². The number of thiazole rings is 1. The van der Waals surface area contributed by atoms with Gasteiger partial charge in [-0.15, -0.1) is 11.3 Å². The molecule has 19 heavy (non-hydrogen) atoms. The van der Waals surface area contributed by atoms with Gasteiger partial charge < -0.3 is 10.1 Å². The molecule has 0 saturated heterocycles. The third kappa shape index (κ3) is 4.04. The number of aromatic nitrogens is 1. The number of rotatable bonds is 7. The molecule has 1 N–H and O–H groups in total. The average Bonchev–Trinajstić information content (AvgIpc) is 2.96. The molecular weight excluding hydrogens is 256 g/mol. The van der Waals surface area contributed by atoms with E-state index in [9.17, 15) is 0 Å². The fraction of sp³-hybridized carbons (Fsp3) is 0.400. The van der Waals surface area contributed by atoms with E-state index in [1.54, 1.807) is 11.3 Å². The van der Waals surface area contributed by atoms with Crippen molar-refractivity contribution >= 4 is 11.3 Å². The molecule has 3 nitrogen and oxygen atoms in total. The van der Waals surface area contributed by atoms with Gasteiger partial charge in [0.15, 0.2) is 0 Å². The molecule has 1 aromatic heterocycles. The second-order valence-electron chi connectivity index (χ2n) is 4.47. The van der Waals surface area contributed by atoms with E-state index in [1.807, 2.05) is 23.8 Å². The monoisotopic (exact) mass is 276 g/mol. The number of hydrogen-bond acceptors (Lipinski definition) is 4. The molecule has 2 rings (SSSR count). The smallest absolute Gasteiger partial charge is 0.124 e. The molecule has 1 heterocycles. The Labute approximate surface area is 118 Å². The van der Waals surface area contributed by atoms with Crippen molar-refractivity contribution in [1.82, 2.24) is 10.3 Å². The fourth-order valence-electron chi connectivity index (χ4n) is 1.90. The highest BCUT2D eigenvalue weighted by Crippen LogP contribution is 2.25. The van der Waals surface area contributed by atoms with Gasteiger partial charge in [-0.05, 0) is 26.0 Å². The summed E-state index contributed by atoms with van der Waals surface area (Å²) in [6.07, 6.45) is 2.99. The first-order valence-corrected chi connectivity index (χ1v) is 7.51. The summed E-state index contributed by atoms with van der Waals surface area (Å²) in [5.74, 6) is 0.951. The zero-order valence-electron chi connectivity index (χ0n) is 11.4. The highest BCUT2D eigenvalue weighted by Gasteiger charge is 2.10. The largest absolute Gasteiger partial charge is 0.488 e. The number of benzene rings is 1. The first-order chi connectivity index (χ1) is 9.31. The lowest BCUT2D eigenvalue weighted by molar-refractivity contribution is 0.303. The number of hydrogen-bond donors (Lipinski definition) is 1. The van der Waals surface area contributed by atoms with Crippen LogP contribution in [0, 0.1) is 0 Å². The van der Waals surface area contributed by atoms with Crippen LogP contribution in [0.4, 0.5) is 0 Å². The Balaban J connectivity index is 2.03. The van der Waals surface area contributed by atoms with Crippen molar-refractivity contribution < 1.29 is 4.74 Å². The van der Waals surface area contributed by atoms with E-state index in [-0.39, 0.29) is 0 Å². The molecule has 0 radical (unpaired) electrons. The fourth-order valence-corrected chi connectivity index (χ4v) is 2.41. The van der Waals surface area contributed by atoms with Crippen LogP contribution in [-0.2, 0) is 6.61 Å². The minimum absolute atomic E-state index is 0.303. The molecule has 0 spiro atoms. The van der Waals surface area contributed by atoms with E-state index >= 15 is 0 Å². The molecule has 1 aromatic carbocycles. The Bertz CT molecular complexity index is 485. The van der Waals surface area contributed by atoms with Gasteiger partial charge in [0.25, 0.3) is 0 Å². The molecule has 1 atom stereocenters. The van der Waals surface area contributed by atoms with Crippen LogP contribution in [0.25, 0.3) is 0 Å². The van der Waals surface area contributed by atoms with Crippen molar-refractivity contribution in [3.05, 3.63) is 46.4 Å². The summed E-state index contributed by atoms with van der Waals surface area (Å²) >= 11 is 1.62. The van der Waals surface area contributed by atoms with Gasteiger partial charge in [0.2, 0.25) is 0 Å². The second-order valence-corrected chi connectivity index (χ2v) is 5.44. The van der Waals surface area contributed by atoms with E-state index in [0.717, 1.165) is 23.6 Å². The van der Waals surface area contributed by atoms with Gasteiger partial charge in [-0.25, -0.2) is 0 Å². The molecule has 0 amide bonds. The Morgan fingerprint density at radius 1 is 1.37 bits per heavy atom.